The molecular formula is C28H26N4O3. The summed E-state index contributed by atoms with van der Waals surface area (Å²) in [7, 11) is 1.62. The van der Waals surface area contributed by atoms with Crippen molar-refractivity contribution in [2.75, 3.05) is 12.0 Å². The van der Waals surface area contributed by atoms with E-state index in [4.69, 9.17) is 14.2 Å². The summed E-state index contributed by atoms with van der Waals surface area (Å²) in [6.45, 7) is 4.02. The zero-order chi connectivity index (χ0) is 24.4. The van der Waals surface area contributed by atoms with Gasteiger partial charge in [0.2, 0.25) is 5.82 Å². The minimum Gasteiger partial charge on any atom is -0.497 e. The SMILES string of the molecule is CCc1ccc(-c2noc(C3=C(C)N(c4ccccc4)C(=O)NC3c3ccc(OC)cc3)n2)cc1. The molecule has 1 aliphatic rings. The van der Waals surface area contributed by atoms with Crippen LogP contribution in [-0.4, -0.2) is 23.3 Å². The smallest absolute Gasteiger partial charge is 0.326 e. The third-order valence-corrected chi connectivity index (χ3v) is 6.23. The van der Waals surface area contributed by atoms with E-state index in [-0.39, 0.29) is 6.03 Å². The molecule has 0 bridgehead atoms. The number of para-hydroxylation sites is 1. The summed E-state index contributed by atoms with van der Waals surface area (Å²) in [5, 5.41) is 7.37. The van der Waals surface area contributed by atoms with Crippen LogP contribution < -0.4 is 15.0 Å². The zero-order valence-corrected chi connectivity index (χ0v) is 19.9. The van der Waals surface area contributed by atoms with E-state index in [2.05, 4.69) is 29.5 Å². The van der Waals surface area contributed by atoms with Crippen molar-refractivity contribution in [3.8, 4) is 17.1 Å². The van der Waals surface area contributed by atoms with Crippen LogP contribution in [0.1, 0.15) is 36.9 Å². The maximum absolute atomic E-state index is 13.3. The molecule has 1 aliphatic heterocycles. The molecule has 7 heteroatoms. The molecule has 0 spiro atoms. The molecular weight excluding hydrogens is 440 g/mol. The van der Waals surface area contributed by atoms with E-state index < -0.39 is 6.04 Å². The molecule has 0 fully saturated rings. The summed E-state index contributed by atoms with van der Waals surface area (Å²) >= 11 is 0. The van der Waals surface area contributed by atoms with Crippen molar-refractivity contribution in [2.45, 2.75) is 26.3 Å². The summed E-state index contributed by atoms with van der Waals surface area (Å²) in [6.07, 6.45) is 0.961. The highest BCUT2D eigenvalue weighted by Gasteiger charge is 2.36. The molecule has 1 N–H and O–H groups in total. The molecule has 0 saturated heterocycles. The first-order valence-corrected chi connectivity index (χ1v) is 11.5. The zero-order valence-electron chi connectivity index (χ0n) is 19.9. The molecule has 2 amide bonds. The van der Waals surface area contributed by atoms with Crippen molar-refractivity contribution < 1.29 is 14.1 Å². The van der Waals surface area contributed by atoms with Gasteiger partial charge in [-0.3, -0.25) is 4.90 Å². The number of ether oxygens (including phenoxy) is 1. The van der Waals surface area contributed by atoms with E-state index in [9.17, 15) is 4.79 Å². The van der Waals surface area contributed by atoms with Crippen LogP contribution in [0.15, 0.2) is 89.1 Å². The van der Waals surface area contributed by atoms with Crippen LogP contribution in [0.2, 0.25) is 0 Å². The summed E-state index contributed by atoms with van der Waals surface area (Å²) in [4.78, 5) is 19.6. The fourth-order valence-corrected chi connectivity index (χ4v) is 4.29. The van der Waals surface area contributed by atoms with Crippen LogP contribution in [0.4, 0.5) is 10.5 Å². The number of amides is 2. The number of hydrogen-bond acceptors (Lipinski definition) is 5. The Morgan fingerprint density at radius 3 is 2.37 bits per heavy atom. The Bertz CT molecular complexity index is 1360. The van der Waals surface area contributed by atoms with Gasteiger partial charge in [0.25, 0.3) is 5.89 Å². The number of rotatable bonds is 6. The first-order valence-electron chi connectivity index (χ1n) is 11.5. The predicted octanol–water partition coefficient (Wildman–Crippen LogP) is 6.01. The van der Waals surface area contributed by atoms with Crippen molar-refractivity contribution >= 4 is 17.3 Å². The van der Waals surface area contributed by atoms with Crippen LogP contribution in [0.5, 0.6) is 5.75 Å². The summed E-state index contributed by atoms with van der Waals surface area (Å²) in [6, 6.07) is 24.5. The number of allylic oxidation sites excluding steroid dienone is 1. The average molecular weight is 467 g/mol. The lowest BCUT2D eigenvalue weighted by Crippen LogP contribution is -2.46. The molecule has 0 radical (unpaired) electrons. The monoisotopic (exact) mass is 466 g/mol. The van der Waals surface area contributed by atoms with Gasteiger partial charge in [0, 0.05) is 11.3 Å². The topological polar surface area (TPSA) is 80.5 Å². The fraction of sp³-hybridized carbons (Fsp3) is 0.179. The Morgan fingerprint density at radius 1 is 1.00 bits per heavy atom. The van der Waals surface area contributed by atoms with E-state index >= 15 is 0 Å². The van der Waals surface area contributed by atoms with E-state index in [1.165, 1.54) is 5.56 Å². The first kappa shape index (κ1) is 22.4. The average Bonchev–Trinajstić information content (AvgIpc) is 3.39. The first-order chi connectivity index (χ1) is 17.1. The third-order valence-electron chi connectivity index (χ3n) is 6.23. The maximum atomic E-state index is 13.3. The van der Waals surface area contributed by atoms with Gasteiger partial charge in [-0.15, -0.1) is 0 Å². The van der Waals surface area contributed by atoms with E-state index in [1.54, 1.807) is 12.0 Å². The number of aryl methyl sites for hydroxylation is 1. The van der Waals surface area contributed by atoms with Crippen LogP contribution >= 0.6 is 0 Å². The molecule has 2 heterocycles. The molecule has 5 rings (SSSR count). The standard InChI is InChI=1S/C28H26N4O3/c1-4-19-10-12-21(13-11-19)26-30-27(35-31-26)24-18(2)32(22-8-6-5-7-9-22)28(33)29-25(24)20-14-16-23(34-3)17-15-20/h5-17,25H,4H2,1-3H3,(H,29,33). The van der Waals surface area contributed by atoms with E-state index in [0.717, 1.165) is 40.3 Å². The normalized spacial score (nSPS) is 15.8. The van der Waals surface area contributed by atoms with E-state index in [0.29, 0.717) is 11.7 Å². The Balaban J connectivity index is 1.61. The molecule has 0 aliphatic carbocycles. The van der Waals surface area contributed by atoms with Gasteiger partial charge in [-0.25, -0.2) is 4.79 Å². The number of benzene rings is 3. The number of hydrogen-bond donors (Lipinski definition) is 1. The van der Waals surface area contributed by atoms with Gasteiger partial charge in [0.15, 0.2) is 0 Å². The van der Waals surface area contributed by atoms with Crippen molar-refractivity contribution in [3.05, 3.63) is 102 Å². The van der Waals surface area contributed by atoms with Crippen LogP contribution in [-0.2, 0) is 6.42 Å². The molecule has 4 aromatic rings. The second kappa shape index (κ2) is 9.46. The highest BCUT2D eigenvalue weighted by Crippen LogP contribution is 2.39. The third kappa shape index (κ3) is 4.28. The molecule has 1 unspecified atom stereocenters. The highest BCUT2D eigenvalue weighted by atomic mass is 16.5. The molecule has 0 saturated carbocycles. The lowest BCUT2D eigenvalue weighted by molar-refractivity contribution is 0.244. The van der Waals surface area contributed by atoms with Gasteiger partial charge in [0.1, 0.15) is 5.75 Å². The number of anilines is 1. The predicted molar refractivity (Wildman–Crippen MR) is 135 cm³/mol. The van der Waals surface area contributed by atoms with Gasteiger partial charge < -0.3 is 14.6 Å². The maximum Gasteiger partial charge on any atom is 0.326 e. The van der Waals surface area contributed by atoms with E-state index in [1.807, 2.05) is 73.7 Å². The fourth-order valence-electron chi connectivity index (χ4n) is 4.29. The second-order valence-electron chi connectivity index (χ2n) is 8.30. The van der Waals surface area contributed by atoms with Gasteiger partial charge in [-0.2, -0.15) is 4.98 Å². The summed E-state index contributed by atoms with van der Waals surface area (Å²) in [5.74, 6) is 1.60. The Labute approximate surface area is 204 Å². The number of methoxy groups -OCH3 is 1. The number of aromatic nitrogens is 2. The quantitative estimate of drug-likeness (QED) is 0.376. The molecule has 1 atom stereocenters. The van der Waals surface area contributed by atoms with Crippen LogP contribution in [0.3, 0.4) is 0 Å². The van der Waals surface area contributed by atoms with Crippen molar-refractivity contribution in [3.63, 3.8) is 0 Å². The minimum absolute atomic E-state index is 0.229. The summed E-state index contributed by atoms with van der Waals surface area (Å²) < 4.78 is 11.1. The molecule has 7 nitrogen and oxygen atoms in total. The Kier molecular flexibility index (Phi) is 6.06. The van der Waals surface area contributed by atoms with Gasteiger partial charge in [0.05, 0.1) is 24.4 Å². The lowest BCUT2D eigenvalue weighted by Gasteiger charge is -2.35. The molecule has 35 heavy (non-hydrogen) atoms. The number of carbonyl (C=O) groups is 1. The Morgan fingerprint density at radius 2 is 1.71 bits per heavy atom. The molecule has 3 aromatic carbocycles. The van der Waals surface area contributed by atoms with Gasteiger partial charge in [-0.1, -0.05) is 66.7 Å². The second-order valence-corrected chi connectivity index (χ2v) is 8.30. The molecule has 1 aromatic heterocycles. The number of carbonyl (C=O) groups excluding carboxylic acids is 1. The largest absolute Gasteiger partial charge is 0.497 e. The minimum atomic E-state index is -0.468. The van der Waals surface area contributed by atoms with Crippen molar-refractivity contribution in [1.29, 1.82) is 0 Å². The summed E-state index contributed by atoms with van der Waals surface area (Å²) in [5.41, 5.74) is 5.21. The van der Waals surface area contributed by atoms with Crippen LogP contribution in [0, 0.1) is 0 Å². The number of urea groups is 1. The van der Waals surface area contributed by atoms with Gasteiger partial charge in [-0.05, 0) is 48.7 Å². The highest BCUT2D eigenvalue weighted by molar-refractivity contribution is 6.01. The van der Waals surface area contributed by atoms with Crippen LogP contribution in [0.25, 0.3) is 17.0 Å². The Hall–Kier alpha value is -4.39. The van der Waals surface area contributed by atoms with Gasteiger partial charge >= 0.3 is 6.03 Å². The number of nitrogens with zero attached hydrogens (tertiary/aromatic N) is 3. The van der Waals surface area contributed by atoms with Crippen molar-refractivity contribution in [2.24, 2.45) is 0 Å². The van der Waals surface area contributed by atoms with Crippen molar-refractivity contribution in [1.82, 2.24) is 15.5 Å². The molecule has 176 valence electrons. The lowest BCUT2D eigenvalue weighted by atomic mass is 9.94. The number of nitrogens with one attached hydrogen (secondary N) is 1.